The molecular formula is C10H16N2O. The first-order valence-corrected chi connectivity index (χ1v) is 4.67. The fourth-order valence-electron chi connectivity index (χ4n) is 1.40. The van der Waals surface area contributed by atoms with Gasteiger partial charge in [-0.05, 0) is 18.9 Å². The molecule has 13 heavy (non-hydrogen) atoms. The number of carbonyl (C=O) groups excluding carboxylic acids is 1. The third-order valence-corrected chi connectivity index (χ3v) is 2.17. The molecule has 0 aromatic carbocycles. The van der Waals surface area contributed by atoms with E-state index < -0.39 is 0 Å². The molecule has 0 aromatic rings. The summed E-state index contributed by atoms with van der Waals surface area (Å²) in [5, 5.41) is 0. The van der Waals surface area contributed by atoms with Crippen LogP contribution in [0.3, 0.4) is 0 Å². The van der Waals surface area contributed by atoms with Crippen molar-refractivity contribution in [2.24, 2.45) is 4.99 Å². The Morgan fingerprint density at radius 2 is 2.31 bits per heavy atom. The molecule has 1 rings (SSSR count). The molecule has 0 bridgehead atoms. The second-order valence-electron chi connectivity index (χ2n) is 3.26. The Labute approximate surface area is 79.1 Å². The van der Waals surface area contributed by atoms with Crippen molar-refractivity contribution < 1.29 is 4.79 Å². The Morgan fingerprint density at radius 1 is 1.62 bits per heavy atom. The van der Waals surface area contributed by atoms with Gasteiger partial charge in [-0.1, -0.05) is 19.4 Å². The second kappa shape index (κ2) is 4.21. The van der Waals surface area contributed by atoms with Gasteiger partial charge in [0.15, 0.2) is 0 Å². The first-order chi connectivity index (χ1) is 6.19. The number of amides is 2. The monoisotopic (exact) mass is 180 g/mol. The molecular weight excluding hydrogens is 164 g/mol. The van der Waals surface area contributed by atoms with Gasteiger partial charge in [-0.25, -0.2) is 4.79 Å². The van der Waals surface area contributed by atoms with Crippen molar-refractivity contribution in [1.82, 2.24) is 4.90 Å². The molecule has 3 nitrogen and oxygen atoms in total. The average Bonchev–Trinajstić information content (AvgIpc) is 2.11. The van der Waals surface area contributed by atoms with E-state index in [0.29, 0.717) is 6.54 Å². The number of urea groups is 1. The topological polar surface area (TPSA) is 32.7 Å². The van der Waals surface area contributed by atoms with Crippen molar-refractivity contribution in [3.8, 4) is 0 Å². The summed E-state index contributed by atoms with van der Waals surface area (Å²) in [6, 6.07) is -0.117. The molecule has 0 aromatic heterocycles. The lowest BCUT2D eigenvalue weighted by Crippen LogP contribution is -2.33. The highest BCUT2D eigenvalue weighted by Gasteiger charge is 2.19. The Morgan fingerprint density at radius 3 is 2.85 bits per heavy atom. The Kier molecular flexibility index (Phi) is 3.23. The van der Waals surface area contributed by atoms with Crippen molar-refractivity contribution in [3.63, 3.8) is 0 Å². The van der Waals surface area contributed by atoms with Gasteiger partial charge in [0.1, 0.15) is 0 Å². The highest BCUT2D eigenvalue weighted by atomic mass is 16.2. The number of likely N-dealkylation sites (N-methyl/N-ethyl adjacent to an activating group) is 1. The van der Waals surface area contributed by atoms with E-state index in [1.54, 1.807) is 11.9 Å². The number of hydrogen-bond acceptors (Lipinski definition) is 1. The van der Waals surface area contributed by atoms with Crippen LogP contribution in [0, 0.1) is 0 Å². The minimum absolute atomic E-state index is 0.117. The summed E-state index contributed by atoms with van der Waals surface area (Å²) in [6.07, 6.45) is 3.98. The quantitative estimate of drug-likeness (QED) is 0.641. The lowest BCUT2D eigenvalue weighted by Gasteiger charge is -2.23. The number of aliphatic imine (C=N–C) groups is 1. The van der Waals surface area contributed by atoms with Gasteiger partial charge in [0, 0.05) is 13.6 Å². The SMILES string of the molecule is C/C=C1/CN(C)C(=O)N=C1CCC. The highest BCUT2D eigenvalue weighted by Crippen LogP contribution is 2.13. The lowest BCUT2D eigenvalue weighted by atomic mass is 10.0. The number of allylic oxidation sites excluding steroid dienone is 1. The van der Waals surface area contributed by atoms with Crippen LogP contribution >= 0.6 is 0 Å². The van der Waals surface area contributed by atoms with E-state index in [4.69, 9.17) is 0 Å². The van der Waals surface area contributed by atoms with Gasteiger partial charge < -0.3 is 4.90 Å². The minimum Gasteiger partial charge on any atom is -0.322 e. The van der Waals surface area contributed by atoms with E-state index in [1.165, 1.54) is 5.57 Å². The molecule has 0 spiro atoms. The maximum Gasteiger partial charge on any atom is 0.343 e. The van der Waals surface area contributed by atoms with Crippen LogP contribution < -0.4 is 0 Å². The molecule has 72 valence electrons. The van der Waals surface area contributed by atoms with Gasteiger partial charge in [0.25, 0.3) is 0 Å². The van der Waals surface area contributed by atoms with Crippen LogP contribution in [0.25, 0.3) is 0 Å². The lowest BCUT2D eigenvalue weighted by molar-refractivity contribution is 0.221. The number of hydrogen-bond donors (Lipinski definition) is 0. The molecule has 0 saturated carbocycles. The largest absolute Gasteiger partial charge is 0.343 e. The fraction of sp³-hybridized carbons (Fsp3) is 0.600. The average molecular weight is 180 g/mol. The molecule has 0 fully saturated rings. The van der Waals surface area contributed by atoms with Crippen molar-refractivity contribution in [2.75, 3.05) is 13.6 Å². The molecule has 0 saturated heterocycles. The standard InChI is InChI=1S/C10H16N2O/c1-4-6-9-8(5-2)7-12(3)10(13)11-9/h5H,4,6-7H2,1-3H3/b8-5-. The maximum atomic E-state index is 11.3. The van der Waals surface area contributed by atoms with E-state index in [2.05, 4.69) is 11.9 Å². The molecule has 0 aliphatic carbocycles. The van der Waals surface area contributed by atoms with Crippen molar-refractivity contribution in [2.45, 2.75) is 26.7 Å². The number of rotatable bonds is 2. The first kappa shape index (κ1) is 9.96. The molecule has 1 aliphatic heterocycles. The zero-order chi connectivity index (χ0) is 9.84. The summed E-state index contributed by atoms with van der Waals surface area (Å²) < 4.78 is 0. The van der Waals surface area contributed by atoms with Crippen LogP contribution in [-0.4, -0.2) is 30.2 Å². The third-order valence-electron chi connectivity index (χ3n) is 2.17. The van der Waals surface area contributed by atoms with Gasteiger partial charge in [0.2, 0.25) is 0 Å². The highest BCUT2D eigenvalue weighted by molar-refractivity contribution is 6.08. The normalized spacial score (nSPS) is 20.8. The summed E-state index contributed by atoms with van der Waals surface area (Å²) in [6.45, 7) is 4.79. The molecule has 0 atom stereocenters. The smallest absolute Gasteiger partial charge is 0.322 e. The van der Waals surface area contributed by atoms with Crippen LogP contribution in [0.15, 0.2) is 16.6 Å². The number of nitrogens with zero attached hydrogens (tertiary/aromatic N) is 2. The number of carbonyl (C=O) groups is 1. The second-order valence-corrected chi connectivity index (χ2v) is 3.26. The van der Waals surface area contributed by atoms with Gasteiger partial charge in [-0.3, -0.25) is 0 Å². The molecule has 2 amide bonds. The van der Waals surface area contributed by atoms with Gasteiger partial charge in [-0.15, -0.1) is 0 Å². The van der Waals surface area contributed by atoms with E-state index in [0.717, 1.165) is 18.6 Å². The molecule has 0 unspecified atom stereocenters. The Balaban J connectivity index is 2.88. The van der Waals surface area contributed by atoms with E-state index in [1.807, 2.05) is 13.0 Å². The molecule has 1 heterocycles. The van der Waals surface area contributed by atoms with Crippen LogP contribution in [-0.2, 0) is 0 Å². The summed E-state index contributed by atoms with van der Waals surface area (Å²) >= 11 is 0. The van der Waals surface area contributed by atoms with E-state index in [-0.39, 0.29) is 6.03 Å². The molecule has 1 aliphatic rings. The Bertz CT molecular complexity index is 266. The summed E-state index contributed by atoms with van der Waals surface area (Å²) in [4.78, 5) is 16.9. The Hall–Kier alpha value is -1.12. The predicted octanol–water partition coefficient (Wildman–Crippen LogP) is 2.24. The van der Waals surface area contributed by atoms with Gasteiger partial charge in [0.05, 0.1) is 5.71 Å². The molecule has 3 heteroatoms. The van der Waals surface area contributed by atoms with Gasteiger partial charge in [-0.2, -0.15) is 4.99 Å². The minimum atomic E-state index is -0.117. The van der Waals surface area contributed by atoms with Crippen molar-refractivity contribution in [3.05, 3.63) is 11.6 Å². The summed E-state index contributed by atoms with van der Waals surface area (Å²) in [7, 11) is 1.78. The zero-order valence-corrected chi connectivity index (χ0v) is 8.50. The fourth-order valence-corrected chi connectivity index (χ4v) is 1.40. The van der Waals surface area contributed by atoms with Crippen LogP contribution in [0.1, 0.15) is 26.7 Å². The van der Waals surface area contributed by atoms with E-state index >= 15 is 0 Å². The third kappa shape index (κ3) is 2.17. The predicted molar refractivity (Wildman–Crippen MR) is 54.1 cm³/mol. The zero-order valence-electron chi connectivity index (χ0n) is 8.50. The maximum absolute atomic E-state index is 11.3. The van der Waals surface area contributed by atoms with Crippen LogP contribution in [0.5, 0.6) is 0 Å². The molecule has 0 N–H and O–H groups in total. The van der Waals surface area contributed by atoms with Crippen molar-refractivity contribution >= 4 is 11.7 Å². The molecule has 0 radical (unpaired) electrons. The van der Waals surface area contributed by atoms with Crippen LogP contribution in [0.4, 0.5) is 4.79 Å². The van der Waals surface area contributed by atoms with Crippen LogP contribution in [0.2, 0.25) is 0 Å². The van der Waals surface area contributed by atoms with E-state index in [9.17, 15) is 4.79 Å². The summed E-state index contributed by atoms with van der Waals surface area (Å²) in [5.74, 6) is 0. The first-order valence-electron chi connectivity index (χ1n) is 4.67. The van der Waals surface area contributed by atoms with Crippen molar-refractivity contribution in [1.29, 1.82) is 0 Å². The summed E-state index contributed by atoms with van der Waals surface area (Å²) in [5.41, 5.74) is 2.15. The van der Waals surface area contributed by atoms with Gasteiger partial charge >= 0.3 is 6.03 Å².